The summed E-state index contributed by atoms with van der Waals surface area (Å²) in [6.07, 6.45) is 13.4. The largest absolute Gasteiger partial charge is 0.462 e. The van der Waals surface area contributed by atoms with Crippen LogP contribution >= 0.6 is 0 Å². The Bertz CT molecular complexity index is 367. The first-order valence-electron chi connectivity index (χ1n) is 10.2. The van der Waals surface area contributed by atoms with Crippen LogP contribution in [-0.4, -0.2) is 36.4 Å². The zero-order valence-electron chi connectivity index (χ0n) is 16.5. The highest BCUT2D eigenvalue weighted by molar-refractivity contribution is 5.70. The zero-order valence-corrected chi connectivity index (χ0v) is 16.5. The maximum atomic E-state index is 11.8. The van der Waals surface area contributed by atoms with E-state index in [-0.39, 0.29) is 25.2 Å². The number of rotatable bonds is 18. The first kappa shape index (κ1) is 24.6. The summed E-state index contributed by atoms with van der Waals surface area (Å²) in [5.41, 5.74) is 0. The van der Waals surface area contributed by atoms with Gasteiger partial charge < -0.3 is 14.6 Å². The summed E-state index contributed by atoms with van der Waals surface area (Å²) in [6, 6.07) is 0. The van der Waals surface area contributed by atoms with E-state index in [1.807, 2.05) is 6.08 Å². The molecule has 0 radical (unpaired) electrons. The van der Waals surface area contributed by atoms with Crippen LogP contribution in [0.4, 0.5) is 0 Å². The molecule has 0 aliphatic carbocycles. The number of aliphatic hydroxyl groups excluding tert-OH is 1. The van der Waals surface area contributed by atoms with Gasteiger partial charge in [-0.05, 0) is 25.7 Å². The molecule has 0 spiro atoms. The highest BCUT2D eigenvalue weighted by atomic mass is 16.6. The number of carbonyl (C=O) groups is 2. The molecule has 0 aromatic heterocycles. The summed E-state index contributed by atoms with van der Waals surface area (Å²) in [5, 5.41) is 9.28. The number of carbonyl (C=O) groups excluding carboxylic acids is 2. The van der Waals surface area contributed by atoms with Crippen molar-refractivity contribution in [3.8, 4) is 0 Å². The predicted molar refractivity (Wildman–Crippen MR) is 104 cm³/mol. The van der Waals surface area contributed by atoms with Crippen LogP contribution in [0, 0.1) is 0 Å². The summed E-state index contributed by atoms with van der Waals surface area (Å²) in [4.78, 5) is 23.4. The molecule has 1 atom stereocenters. The molecule has 0 aromatic rings. The lowest BCUT2D eigenvalue weighted by Crippen LogP contribution is -2.28. The molecule has 5 nitrogen and oxygen atoms in total. The molecular formula is C21H38O5. The van der Waals surface area contributed by atoms with E-state index in [9.17, 15) is 14.7 Å². The minimum atomic E-state index is -0.765. The minimum absolute atomic E-state index is 0.0718. The van der Waals surface area contributed by atoms with Crippen LogP contribution in [0.3, 0.4) is 0 Å². The van der Waals surface area contributed by atoms with E-state index in [0.717, 1.165) is 57.8 Å². The van der Waals surface area contributed by atoms with Gasteiger partial charge in [-0.25, -0.2) is 0 Å². The Morgan fingerprint density at radius 2 is 1.50 bits per heavy atom. The summed E-state index contributed by atoms with van der Waals surface area (Å²) < 4.78 is 10.3. The summed E-state index contributed by atoms with van der Waals surface area (Å²) in [5.74, 6) is -0.638. The van der Waals surface area contributed by atoms with Gasteiger partial charge >= 0.3 is 11.9 Å². The lowest BCUT2D eigenvalue weighted by molar-refractivity contribution is -0.161. The molecule has 0 bridgehead atoms. The van der Waals surface area contributed by atoms with Crippen LogP contribution in [0.2, 0.25) is 0 Å². The van der Waals surface area contributed by atoms with Crippen LogP contribution in [0.15, 0.2) is 12.7 Å². The second kappa shape index (κ2) is 18.4. The Labute approximate surface area is 159 Å². The molecule has 0 aromatic carbocycles. The van der Waals surface area contributed by atoms with E-state index in [1.54, 1.807) is 0 Å². The van der Waals surface area contributed by atoms with Crippen molar-refractivity contribution in [2.45, 2.75) is 96.5 Å². The Morgan fingerprint density at radius 3 is 2.12 bits per heavy atom. The lowest BCUT2D eigenvalue weighted by Gasteiger charge is -2.15. The van der Waals surface area contributed by atoms with Crippen LogP contribution in [0.1, 0.15) is 90.4 Å². The first-order valence-corrected chi connectivity index (χ1v) is 10.2. The van der Waals surface area contributed by atoms with E-state index < -0.39 is 6.10 Å². The van der Waals surface area contributed by atoms with Gasteiger partial charge in [0, 0.05) is 12.8 Å². The van der Waals surface area contributed by atoms with Crippen molar-refractivity contribution in [1.29, 1.82) is 0 Å². The number of esters is 2. The third-order valence-electron chi connectivity index (χ3n) is 4.21. The average molecular weight is 371 g/mol. The molecule has 0 saturated carbocycles. The van der Waals surface area contributed by atoms with Crippen LogP contribution in [0.25, 0.3) is 0 Å². The topological polar surface area (TPSA) is 72.8 Å². The number of ether oxygens (including phenoxy) is 2. The predicted octanol–water partition coefficient (Wildman–Crippen LogP) is 4.71. The molecular weight excluding hydrogens is 332 g/mol. The Morgan fingerprint density at radius 1 is 0.923 bits per heavy atom. The molecule has 152 valence electrons. The fraction of sp³-hybridized carbons (Fsp3) is 0.810. The Hall–Kier alpha value is -1.36. The van der Waals surface area contributed by atoms with Crippen LogP contribution in [-0.2, 0) is 19.1 Å². The highest BCUT2D eigenvalue weighted by Crippen LogP contribution is 2.09. The molecule has 0 saturated heterocycles. The fourth-order valence-electron chi connectivity index (χ4n) is 2.59. The molecule has 0 aliphatic rings. The van der Waals surface area contributed by atoms with Gasteiger partial charge in [0.2, 0.25) is 0 Å². The number of unbranched alkanes of at least 4 members (excludes halogenated alkanes) is 9. The number of hydrogen-bond acceptors (Lipinski definition) is 5. The van der Waals surface area contributed by atoms with Crippen LogP contribution in [0.5, 0.6) is 0 Å². The van der Waals surface area contributed by atoms with Gasteiger partial charge in [0.25, 0.3) is 0 Å². The highest BCUT2D eigenvalue weighted by Gasteiger charge is 2.15. The molecule has 0 unspecified atom stereocenters. The molecule has 0 fully saturated rings. The van der Waals surface area contributed by atoms with Gasteiger partial charge in [0.1, 0.15) is 6.61 Å². The summed E-state index contributed by atoms with van der Waals surface area (Å²) in [7, 11) is 0. The van der Waals surface area contributed by atoms with Gasteiger partial charge in [-0.2, -0.15) is 0 Å². The van der Waals surface area contributed by atoms with E-state index in [2.05, 4.69) is 13.5 Å². The number of hydrogen-bond donors (Lipinski definition) is 1. The average Bonchev–Trinajstić information content (AvgIpc) is 2.64. The maximum Gasteiger partial charge on any atom is 0.306 e. The van der Waals surface area contributed by atoms with Crippen molar-refractivity contribution in [2.24, 2.45) is 0 Å². The number of allylic oxidation sites excluding steroid dienone is 1. The van der Waals surface area contributed by atoms with E-state index >= 15 is 0 Å². The zero-order chi connectivity index (χ0) is 19.5. The molecule has 5 heteroatoms. The third kappa shape index (κ3) is 16.1. The van der Waals surface area contributed by atoms with Gasteiger partial charge in [0.05, 0.1) is 6.61 Å². The first-order chi connectivity index (χ1) is 12.6. The Balaban J connectivity index is 3.71. The minimum Gasteiger partial charge on any atom is -0.462 e. The van der Waals surface area contributed by atoms with Crippen molar-refractivity contribution in [1.82, 2.24) is 0 Å². The molecule has 0 aliphatic heterocycles. The second-order valence-corrected chi connectivity index (χ2v) is 6.74. The van der Waals surface area contributed by atoms with E-state index in [4.69, 9.17) is 9.47 Å². The Kier molecular flexibility index (Phi) is 17.5. The third-order valence-corrected chi connectivity index (χ3v) is 4.21. The SMILES string of the molecule is C=CCCCCCCCC(=O)O[C@@H](CO)COC(=O)CCCCCCC. The maximum absolute atomic E-state index is 11.8. The summed E-state index contributed by atoms with van der Waals surface area (Å²) in [6.45, 7) is 5.43. The van der Waals surface area contributed by atoms with Gasteiger partial charge in [-0.3, -0.25) is 9.59 Å². The van der Waals surface area contributed by atoms with Gasteiger partial charge in [0.15, 0.2) is 6.10 Å². The lowest BCUT2D eigenvalue weighted by atomic mass is 10.1. The molecule has 0 amide bonds. The molecule has 1 N–H and O–H groups in total. The van der Waals surface area contributed by atoms with Crippen molar-refractivity contribution in [3.63, 3.8) is 0 Å². The monoisotopic (exact) mass is 370 g/mol. The standard InChI is InChI=1S/C21H38O5/c1-3-5-7-9-10-12-14-16-21(24)26-19(17-22)18-25-20(23)15-13-11-8-6-4-2/h3,19,22H,1,4-18H2,2H3/t19-/m0/s1. The van der Waals surface area contributed by atoms with Crippen molar-refractivity contribution >= 4 is 11.9 Å². The quantitative estimate of drug-likeness (QED) is 0.215. The van der Waals surface area contributed by atoms with Crippen molar-refractivity contribution in [3.05, 3.63) is 12.7 Å². The fourth-order valence-corrected chi connectivity index (χ4v) is 2.59. The second-order valence-electron chi connectivity index (χ2n) is 6.74. The van der Waals surface area contributed by atoms with Crippen molar-refractivity contribution in [2.75, 3.05) is 13.2 Å². The molecule has 0 rings (SSSR count). The summed E-state index contributed by atoms with van der Waals surface area (Å²) >= 11 is 0. The van der Waals surface area contributed by atoms with Gasteiger partial charge in [-0.1, -0.05) is 57.9 Å². The number of aliphatic hydroxyl groups is 1. The van der Waals surface area contributed by atoms with Crippen molar-refractivity contribution < 1.29 is 24.2 Å². The van der Waals surface area contributed by atoms with Crippen LogP contribution < -0.4 is 0 Å². The molecule has 26 heavy (non-hydrogen) atoms. The normalized spacial score (nSPS) is 11.8. The van der Waals surface area contributed by atoms with E-state index in [0.29, 0.717) is 12.8 Å². The van der Waals surface area contributed by atoms with E-state index in [1.165, 1.54) is 12.8 Å². The smallest absolute Gasteiger partial charge is 0.306 e. The van der Waals surface area contributed by atoms with Gasteiger partial charge in [-0.15, -0.1) is 6.58 Å². The molecule has 0 heterocycles.